The monoisotopic (exact) mass is 356 g/mol. The van der Waals surface area contributed by atoms with Gasteiger partial charge in [-0.2, -0.15) is 0 Å². The largest absolute Gasteiger partial charge is 0.302 e. The van der Waals surface area contributed by atoms with E-state index in [4.69, 9.17) is 0 Å². The lowest BCUT2D eigenvalue weighted by Crippen LogP contribution is -2.24. The van der Waals surface area contributed by atoms with Crippen LogP contribution >= 0.6 is 22.7 Å². The van der Waals surface area contributed by atoms with Gasteiger partial charge in [0.2, 0.25) is 5.91 Å². The number of nitrogens with zero attached hydrogens (tertiary/aromatic N) is 1. The van der Waals surface area contributed by atoms with Gasteiger partial charge in [-0.15, -0.1) is 22.7 Å². The van der Waals surface area contributed by atoms with Crippen LogP contribution in [0.2, 0.25) is 0 Å². The van der Waals surface area contributed by atoms with Crippen LogP contribution in [0.1, 0.15) is 42.5 Å². The molecule has 0 atom stereocenters. The summed E-state index contributed by atoms with van der Waals surface area (Å²) in [6, 6.07) is 8.50. The number of carbonyl (C=O) groups is 1. The fourth-order valence-corrected chi connectivity index (χ4v) is 5.18. The third-order valence-electron chi connectivity index (χ3n) is 4.69. The molecule has 24 heavy (non-hydrogen) atoms. The zero-order valence-corrected chi connectivity index (χ0v) is 15.1. The molecule has 2 heterocycles. The van der Waals surface area contributed by atoms with Crippen LogP contribution in [0, 0.1) is 5.92 Å². The molecule has 4 rings (SSSR count). The highest BCUT2D eigenvalue weighted by Gasteiger charge is 2.21. The van der Waals surface area contributed by atoms with Gasteiger partial charge in [0.15, 0.2) is 5.13 Å². The SMILES string of the molecule is O=C(Nc1ncc(Cc2csc3ccccc23)s1)C1CCCCC1. The van der Waals surface area contributed by atoms with Crippen molar-refractivity contribution in [3.05, 3.63) is 46.3 Å². The van der Waals surface area contributed by atoms with Crippen LogP contribution in [-0.4, -0.2) is 10.9 Å². The van der Waals surface area contributed by atoms with Gasteiger partial charge in [0, 0.05) is 28.1 Å². The number of thiophene rings is 1. The van der Waals surface area contributed by atoms with Crippen LogP contribution in [0.25, 0.3) is 10.1 Å². The molecule has 1 aromatic carbocycles. The van der Waals surface area contributed by atoms with Gasteiger partial charge in [-0.1, -0.05) is 37.5 Å². The van der Waals surface area contributed by atoms with Crippen molar-refractivity contribution in [1.82, 2.24) is 4.98 Å². The van der Waals surface area contributed by atoms with Crippen molar-refractivity contribution in [3.63, 3.8) is 0 Å². The lowest BCUT2D eigenvalue weighted by Gasteiger charge is -2.19. The van der Waals surface area contributed by atoms with E-state index in [9.17, 15) is 4.79 Å². The Labute approximate surface area is 149 Å². The Hall–Kier alpha value is -1.72. The second-order valence-corrected chi connectivity index (χ2v) is 8.42. The van der Waals surface area contributed by atoms with Crippen LogP contribution in [-0.2, 0) is 11.2 Å². The number of rotatable bonds is 4. The highest BCUT2D eigenvalue weighted by atomic mass is 32.1. The van der Waals surface area contributed by atoms with E-state index in [0.29, 0.717) is 0 Å². The lowest BCUT2D eigenvalue weighted by molar-refractivity contribution is -0.120. The summed E-state index contributed by atoms with van der Waals surface area (Å²) in [5.41, 5.74) is 1.34. The molecular weight excluding hydrogens is 336 g/mol. The number of benzene rings is 1. The molecule has 1 saturated carbocycles. The first-order valence-electron chi connectivity index (χ1n) is 8.50. The molecule has 0 unspecified atom stereocenters. The third-order valence-corrected chi connectivity index (χ3v) is 6.61. The van der Waals surface area contributed by atoms with Crippen molar-refractivity contribution in [2.75, 3.05) is 5.32 Å². The maximum absolute atomic E-state index is 12.3. The number of carbonyl (C=O) groups excluding carboxylic acids is 1. The lowest BCUT2D eigenvalue weighted by atomic mass is 9.89. The minimum absolute atomic E-state index is 0.150. The summed E-state index contributed by atoms with van der Waals surface area (Å²) in [7, 11) is 0. The highest BCUT2D eigenvalue weighted by Crippen LogP contribution is 2.30. The Balaban J connectivity index is 1.44. The Morgan fingerprint density at radius 2 is 2.04 bits per heavy atom. The molecule has 5 heteroatoms. The summed E-state index contributed by atoms with van der Waals surface area (Å²) in [5, 5.41) is 7.31. The van der Waals surface area contributed by atoms with Crippen molar-refractivity contribution in [1.29, 1.82) is 0 Å². The van der Waals surface area contributed by atoms with Gasteiger partial charge in [-0.3, -0.25) is 4.79 Å². The average molecular weight is 357 g/mol. The quantitative estimate of drug-likeness (QED) is 0.674. The third kappa shape index (κ3) is 3.37. The maximum atomic E-state index is 12.3. The van der Waals surface area contributed by atoms with Crippen molar-refractivity contribution >= 4 is 43.8 Å². The van der Waals surface area contributed by atoms with Crippen LogP contribution in [0.15, 0.2) is 35.8 Å². The molecule has 3 nitrogen and oxygen atoms in total. The van der Waals surface area contributed by atoms with Crippen molar-refractivity contribution in [3.8, 4) is 0 Å². The van der Waals surface area contributed by atoms with Gasteiger partial charge >= 0.3 is 0 Å². The van der Waals surface area contributed by atoms with Crippen LogP contribution in [0.4, 0.5) is 5.13 Å². The van der Waals surface area contributed by atoms with Crippen LogP contribution in [0.5, 0.6) is 0 Å². The second kappa shape index (κ2) is 7.03. The molecule has 0 saturated heterocycles. The summed E-state index contributed by atoms with van der Waals surface area (Å²) >= 11 is 3.38. The predicted molar refractivity (Wildman–Crippen MR) is 102 cm³/mol. The van der Waals surface area contributed by atoms with Gasteiger partial charge in [0.05, 0.1) is 0 Å². The first kappa shape index (κ1) is 15.8. The highest BCUT2D eigenvalue weighted by molar-refractivity contribution is 7.17. The molecular formula is C19H20N2OS2. The van der Waals surface area contributed by atoms with Gasteiger partial charge < -0.3 is 5.32 Å². The van der Waals surface area contributed by atoms with Crippen molar-refractivity contribution in [2.24, 2.45) is 5.92 Å². The fraction of sp³-hybridized carbons (Fsp3) is 0.368. The average Bonchev–Trinajstić information content (AvgIpc) is 3.23. The van der Waals surface area contributed by atoms with E-state index in [1.165, 1.54) is 39.8 Å². The van der Waals surface area contributed by atoms with Gasteiger partial charge in [0.25, 0.3) is 0 Å². The standard InChI is InChI=1S/C19H20N2OS2/c22-18(13-6-2-1-3-7-13)21-19-20-11-15(24-19)10-14-12-23-17-9-5-4-8-16(14)17/h4-5,8-9,11-13H,1-3,6-7,10H2,(H,20,21,22). The first-order valence-corrected chi connectivity index (χ1v) is 10.2. The Morgan fingerprint density at radius 1 is 1.21 bits per heavy atom. The molecule has 1 amide bonds. The fourth-order valence-electron chi connectivity index (χ4n) is 3.38. The minimum Gasteiger partial charge on any atom is -0.302 e. The number of anilines is 1. The molecule has 124 valence electrons. The molecule has 1 N–H and O–H groups in total. The van der Waals surface area contributed by atoms with Crippen LogP contribution in [0.3, 0.4) is 0 Å². The van der Waals surface area contributed by atoms with Gasteiger partial charge in [-0.25, -0.2) is 4.98 Å². The minimum atomic E-state index is 0.150. The van der Waals surface area contributed by atoms with E-state index in [2.05, 4.69) is 39.9 Å². The molecule has 3 aromatic rings. The number of aromatic nitrogens is 1. The number of hydrogen-bond donors (Lipinski definition) is 1. The zero-order chi connectivity index (χ0) is 16.4. The maximum Gasteiger partial charge on any atom is 0.229 e. The van der Waals surface area contributed by atoms with Crippen LogP contribution < -0.4 is 5.32 Å². The molecule has 0 aliphatic heterocycles. The number of nitrogens with one attached hydrogen (secondary N) is 1. The normalized spacial score (nSPS) is 15.7. The molecule has 0 bridgehead atoms. The Morgan fingerprint density at radius 3 is 2.92 bits per heavy atom. The van der Waals surface area contributed by atoms with Gasteiger partial charge in [0.1, 0.15) is 0 Å². The second-order valence-electron chi connectivity index (χ2n) is 6.39. The van der Waals surface area contributed by atoms with E-state index in [0.717, 1.165) is 24.4 Å². The number of fused-ring (bicyclic) bond motifs is 1. The van der Waals surface area contributed by atoms with E-state index < -0.39 is 0 Å². The summed E-state index contributed by atoms with van der Waals surface area (Å²) in [6.45, 7) is 0. The Kier molecular flexibility index (Phi) is 4.63. The van der Waals surface area contributed by atoms with E-state index in [-0.39, 0.29) is 11.8 Å². The number of amides is 1. The van der Waals surface area contributed by atoms with Crippen molar-refractivity contribution < 1.29 is 4.79 Å². The summed E-state index contributed by atoms with van der Waals surface area (Å²) in [4.78, 5) is 17.9. The Bertz CT molecular complexity index is 846. The molecule has 1 fully saturated rings. The zero-order valence-electron chi connectivity index (χ0n) is 13.5. The molecule has 0 spiro atoms. The van der Waals surface area contributed by atoms with Crippen molar-refractivity contribution in [2.45, 2.75) is 38.5 Å². The molecule has 0 radical (unpaired) electrons. The van der Waals surface area contributed by atoms with Gasteiger partial charge in [-0.05, 0) is 35.2 Å². The number of hydrogen-bond acceptors (Lipinski definition) is 4. The molecule has 1 aliphatic carbocycles. The predicted octanol–water partition coefficient (Wildman–Crippen LogP) is 5.47. The molecule has 1 aliphatic rings. The smallest absolute Gasteiger partial charge is 0.229 e. The summed E-state index contributed by atoms with van der Waals surface area (Å²) in [5.74, 6) is 0.323. The topological polar surface area (TPSA) is 42.0 Å². The van der Waals surface area contributed by atoms with E-state index in [1.54, 1.807) is 22.7 Å². The number of thiazole rings is 1. The van der Waals surface area contributed by atoms with E-state index in [1.807, 2.05) is 6.20 Å². The molecule has 2 aromatic heterocycles. The van der Waals surface area contributed by atoms with E-state index >= 15 is 0 Å². The summed E-state index contributed by atoms with van der Waals surface area (Å²) in [6.07, 6.45) is 8.42. The first-order chi connectivity index (χ1) is 11.8. The summed E-state index contributed by atoms with van der Waals surface area (Å²) < 4.78 is 1.32.